The fourth-order valence-electron chi connectivity index (χ4n) is 0.654. The quantitative estimate of drug-likeness (QED) is 0.391. The molecule has 0 atom stereocenters. The fraction of sp³-hybridized carbons (Fsp3) is 0.571. The van der Waals surface area contributed by atoms with E-state index in [1.165, 1.54) is 0 Å². The lowest BCUT2D eigenvalue weighted by atomic mass is 10.4. The van der Waals surface area contributed by atoms with E-state index < -0.39 is 17.8 Å². The average Bonchev–Trinajstić information content (AvgIpc) is 2.02. The Kier molecular flexibility index (Phi) is 6.04. The maximum atomic E-state index is 10.8. The second kappa shape index (κ2) is 6.84. The van der Waals surface area contributed by atoms with Crippen LogP contribution in [0.4, 0.5) is 0 Å². The molecule has 0 aliphatic carbocycles. The van der Waals surface area contributed by atoms with Gasteiger partial charge in [-0.2, -0.15) is 0 Å². The maximum absolute atomic E-state index is 10.8. The molecule has 0 aromatic rings. The maximum Gasteiger partial charge on any atom is 0.317 e. The molecular weight excluding hydrogens is 192 g/mol. The summed E-state index contributed by atoms with van der Waals surface area (Å²) >= 11 is 0. The van der Waals surface area contributed by atoms with Crippen molar-refractivity contribution in [2.75, 3.05) is 19.6 Å². The molecule has 1 amide bonds. The van der Waals surface area contributed by atoms with Crippen LogP contribution in [0.25, 0.3) is 0 Å². The highest BCUT2D eigenvalue weighted by molar-refractivity contribution is 5.79. The largest absolute Gasteiger partial charge is 0.481 e. The second-order valence-corrected chi connectivity index (χ2v) is 2.49. The highest BCUT2D eigenvalue weighted by Gasteiger charge is 2.03. The zero-order chi connectivity index (χ0) is 11.0. The third-order valence-corrected chi connectivity index (χ3v) is 1.22. The molecule has 4 N–H and O–H groups in total. The summed E-state index contributed by atoms with van der Waals surface area (Å²) in [5, 5.41) is 21.1. The number of rotatable bonds is 7. The highest BCUT2D eigenvalue weighted by Crippen LogP contribution is 1.75. The lowest BCUT2D eigenvalue weighted by Gasteiger charge is -2.03. The normalized spacial score (nSPS) is 9.43. The van der Waals surface area contributed by atoms with E-state index in [1.807, 2.05) is 0 Å². The third-order valence-electron chi connectivity index (χ3n) is 1.22. The molecule has 0 spiro atoms. The lowest BCUT2D eigenvalue weighted by molar-refractivity contribution is -0.137. The smallest absolute Gasteiger partial charge is 0.317 e. The van der Waals surface area contributed by atoms with Crippen LogP contribution in [-0.4, -0.2) is 47.7 Å². The summed E-state index contributed by atoms with van der Waals surface area (Å²) in [5.41, 5.74) is 0. The summed E-state index contributed by atoms with van der Waals surface area (Å²) in [6.45, 7) is -0.388. The molecule has 0 aliphatic heterocycles. The van der Waals surface area contributed by atoms with Crippen LogP contribution in [0.5, 0.6) is 0 Å². The first-order valence-electron chi connectivity index (χ1n) is 3.93. The van der Waals surface area contributed by atoms with Gasteiger partial charge in [-0.15, -0.1) is 0 Å². The van der Waals surface area contributed by atoms with Crippen molar-refractivity contribution in [2.45, 2.75) is 6.42 Å². The number of hydrogen-bond donors (Lipinski definition) is 4. The van der Waals surface area contributed by atoms with Gasteiger partial charge in [0.15, 0.2) is 0 Å². The number of amides is 1. The molecule has 14 heavy (non-hydrogen) atoms. The zero-order valence-electron chi connectivity index (χ0n) is 7.45. The van der Waals surface area contributed by atoms with Crippen molar-refractivity contribution in [3.05, 3.63) is 0 Å². The van der Waals surface area contributed by atoms with Gasteiger partial charge in [0, 0.05) is 6.54 Å². The molecule has 0 aromatic heterocycles. The number of carbonyl (C=O) groups excluding carboxylic acids is 1. The molecule has 7 heteroatoms. The lowest BCUT2D eigenvalue weighted by Crippen LogP contribution is -2.36. The number of carbonyl (C=O) groups is 3. The van der Waals surface area contributed by atoms with Gasteiger partial charge in [0.25, 0.3) is 0 Å². The number of carboxylic acids is 2. The number of nitrogens with one attached hydrogen (secondary N) is 2. The second-order valence-electron chi connectivity index (χ2n) is 2.49. The molecule has 7 nitrogen and oxygen atoms in total. The van der Waals surface area contributed by atoms with Gasteiger partial charge in [0.1, 0.15) is 0 Å². The van der Waals surface area contributed by atoms with Crippen molar-refractivity contribution >= 4 is 17.8 Å². The van der Waals surface area contributed by atoms with Gasteiger partial charge in [-0.25, -0.2) is 0 Å². The molecule has 0 heterocycles. The predicted molar refractivity (Wildman–Crippen MR) is 45.8 cm³/mol. The number of aliphatic carboxylic acids is 2. The van der Waals surface area contributed by atoms with Gasteiger partial charge in [-0.3, -0.25) is 19.7 Å². The van der Waals surface area contributed by atoms with Gasteiger partial charge in [0.05, 0.1) is 19.5 Å². The van der Waals surface area contributed by atoms with Crippen molar-refractivity contribution in [3.8, 4) is 0 Å². The monoisotopic (exact) mass is 204 g/mol. The minimum absolute atomic E-state index is 0.0446. The summed E-state index contributed by atoms with van der Waals surface area (Å²) in [7, 11) is 0. The van der Waals surface area contributed by atoms with Gasteiger partial charge in [0.2, 0.25) is 5.91 Å². The van der Waals surface area contributed by atoms with Gasteiger partial charge in [-0.1, -0.05) is 0 Å². The molecule has 0 saturated heterocycles. The van der Waals surface area contributed by atoms with Crippen LogP contribution in [0, 0.1) is 0 Å². The molecule has 80 valence electrons. The Morgan fingerprint density at radius 1 is 1.00 bits per heavy atom. The topological polar surface area (TPSA) is 116 Å². The summed E-state index contributed by atoms with van der Waals surface area (Å²) in [5.74, 6) is -2.47. The predicted octanol–water partition coefficient (Wildman–Crippen LogP) is -1.75. The summed E-state index contributed by atoms with van der Waals surface area (Å²) < 4.78 is 0. The molecule has 0 fully saturated rings. The Bertz CT molecular complexity index is 206. The number of carboxylic acid groups (broad SMARTS) is 2. The van der Waals surface area contributed by atoms with Crippen LogP contribution in [0.1, 0.15) is 6.42 Å². The molecule has 0 bridgehead atoms. The molecule has 0 unspecified atom stereocenters. The summed E-state index contributed by atoms with van der Waals surface area (Å²) in [6, 6.07) is 0. The van der Waals surface area contributed by atoms with E-state index in [2.05, 4.69) is 10.6 Å². The average molecular weight is 204 g/mol. The minimum atomic E-state index is -1.05. The highest BCUT2D eigenvalue weighted by atomic mass is 16.4. The molecule has 0 rings (SSSR count). The van der Waals surface area contributed by atoms with E-state index in [9.17, 15) is 14.4 Å². The van der Waals surface area contributed by atoms with E-state index in [1.54, 1.807) is 0 Å². The van der Waals surface area contributed by atoms with Crippen molar-refractivity contribution < 1.29 is 24.6 Å². The van der Waals surface area contributed by atoms with E-state index in [0.29, 0.717) is 0 Å². The summed E-state index contributed by atoms with van der Waals surface area (Å²) in [4.78, 5) is 30.9. The third kappa shape index (κ3) is 8.47. The van der Waals surface area contributed by atoms with Crippen molar-refractivity contribution in [2.24, 2.45) is 0 Å². The first kappa shape index (κ1) is 12.4. The van der Waals surface area contributed by atoms with E-state index in [4.69, 9.17) is 10.2 Å². The van der Waals surface area contributed by atoms with Gasteiger partial charge in [-0.05, 0) is 0 Å². The standard InChI is InChI=1S/C7H12N2O5/c10-5(3-8-4-7(13)14)9-2-1-6(11)12/h8H,1-4H2,(H,9,10)(H,11,12)(H,13,14). The van der Waals surface area contributed by atoms with Crippen LogP contribution >= 0.6 is 0 Å². The SMILES string of the molecule is O=C(O)CCNC(=O)CNCC(=O)O. The minimum Gasteiger partial charge on any atom is -0.481 e. The van der Waals surface area contributed by atoms with Crippen LogP contribution in [0.15, 0.2) is 0 Å². The van der Waals surface area contributed by atoms with Crippen LogP contribution in [0.2, 0.25) is 0 Å². The van der Waals surface area contributed by atoms with Crippen molar-refractivity contribution in [1.82, 2.24) is 10.6 Å². The van der Waals surface area contributed by atoms with E-state index in [0.717, 1.165) is 0 Å². The Labute approximate surface area is 80.1 Å². The molecule has 0 radical (unpaired) electrons. The van der Waals surface area contributed by atoms with E-state index >= 15 is 0 Å². The molecule has 0 aliphatic rings. The van der Waals surface area contributed by atoms with Gasteiger partial charge < -0.3 is 15.5 Å². The first-order chi connectivity index (χ1) is 6.52. The summed E-state index contributed by atoms with van der Waals surface area (Å²) in [6.07, 6.45) is -0.148. The van der Waals surface area contributed by atoms with Gasteiger partial charge >= 0.3 is 11.9 Å². The van der Waals surface area contributed by atoms with Crippen molar-refractivity contribution in [1.29, 1.82) is 0 Å². The fourth-order valence-corrected chi connectivity index (χ4v) is 0.654. The Balaban J connectivity index is 3.37. The molecule has 0 aromatic carbocycles. The van der Waals surface area contributed by atoms with Crippen LogP contribution < -0.4 is 10.6 Å². The Morgan fingerprint density at radius 2 is 1.64 bits per heavy atom. The molecular formula is C7H12N2O5. The Hall–Kier alpha value is -1.63. The zero-order valence-corrected chi connectivity index (χ0v) is 7.45. The van der Waals surface area contributed by atoms with Crippen LogP contribution in [0.3, 0.4) is 0 Å². The van der Waals surface area contributed by atoms with Crippen molar-refractivity contribution in [3.63, 3.8) is 0 Å². The van der Waals surface area contributed by atoms with Crippen LogP contribution in [-0.2, 0) is 14.4 Å². The number of hydrogen-bond acceptors (Lipinski definition) is 4. The molecule has 0 saturated carbocycles. The first-order valence-corrected chi connectivity index (χ1v) is 3.93. The van der Waals surface area contributed by atoms with E-state index in [-0.39, 0.29) is 26.1 Å². The Morgan fingerprint density at radius 3 is 2.14 bits per heavy atom.